The van der Waals surface area contributed by atoms with E-state index in [4.69, 9.17) is 4.74 Å². The van der Waals surface area contributed by atoms with Gasteiger partial charge in [-0.05, 0) is 92.8 Å². The second kappa shape index (κ2) is 8.99. The fraction of sp³-hybridized carbons (Fsp3) is 0.774. The first-order valence-corrected chi connectivity index (χ1v) is 13.8. The topological polar surface area (TPSA) is 60.4 Å². The highest BCUT2D eigenvalue weighted by Crippen LogP contribution is 2.72. The zero-order valence-electron chi connectivity index (χ0n) is 23.1. The predicted octanol–water partition coefficient (Wildman–Crippen LogP) is 7.02. The number of ketones is 1. The van der Waals surface area contributed by atoms with Crippen LogP contribution in [0, 0.1) is 39.4 Å². The van der Waals surface area contributed by atoms with Gasteiger partial charge in [-0.1, -0.05) is 51.8 Å². The number of carbonyl (C=O) groups is 3. The first-order valence-electron chi connectivity index (χ1n) is 13.8. The standard InChI is InChI=1S/C31H46O4/c1-20(27(34)35-7)9-8-10-21(19-32)22-13-17-31(6)24-11-12-25-28(2,3)26(33)15-16-29(25,4)23(24)14-18-30(22,31)5/h9,19,21-22,25H,8,10-18H2,1-7H3/b20-9+/t21-,22+,25+,29-,30+,31-/m1/s1. The number of hydrogen-bond donors (Lipinski definition) is 0. The molecule has 0 aromatic rings. The lowest BCUT2D eigenvalue weighted by atomic mass is 9.43. The maximum absolute atomic E-state index is 12.8. The zero-order chi connectivity index (χ0) is 25.8. The Morgan fingerprint density at radius 2 is 1.74 bits per heavy atom. The van der Waals surface area contributed by atoms with Gasteiger partial charge in [-0.3, -0.25) is 4.79 Å². The summed E-state index contributed by atoms with van der Waals surface area (Å²) < 4.78 is 4.81. The molecular formula is C31H46O4. The minimum Gasteiger partial charge on any atom is -0.466 e. The smallest absolute Gasteiger partial charge is 0.333 e. The van der Waals surface area contributed by atoms with Crippen molar-refractivity contribution in [2.24, 2.45) is 39.4 Å². The van der Waals surface area contributed by atoms with E-state index >= 15 is 0 Å². The van der Waals surface area contributed by atoms with Gasteiger partial charge in [0.1, 0.15) is 12.1 Å². The van der Waals surface area contributed by atoms with Crippen molar-refractivity contribution in [2.45, 2.75) is 106 Å². The van der Waals surface area contributed by atoms with Gasteiger partial charge < -0.3 is 9.53 Å². The van der Waals surface area contributed by atoms with Crippen LogP contribution in [-0.2, 0) is 19.1 Å². The number of rotatable bonds is 6. The highest BCUT2D eigenvalue weighted by atomic mass is 16.5. The zero-order valence-corrected chi connectivity index (χ0v) is 23.1. The minimum absolute atomic E-state index is 0.0174. The Morgan fingerprint density at radius 3 is 2.40 bits per heavy atom. The van der Waals surface area contributed by atoms with Crippen molar-refractivity contribution >= 4 is 18.0 Å². The average Bonchev–Trinajstić information content (AvgIpc) is 3.10. The summed E-state index contributed by atoms with van der Waals surface area (Å²) in [4.78, 5) is 36.9. The van der Waals surface area contributed by atoms with Crippen molar-refractivity contribution < 1.29 is 19.1 Å². The van der Waals surface area contributed by atoms with Crippen LogP contribution < -0.4 is 0 Å². The molecule has 0 bridgehead atoms. The Hall–Kier alpha value is -1.71. The minimum atomic E-state index is -0.295. The molecule has 0 spiro atoms. The Bertz CT molecular complexity index is 970. The molecule has 0 aromatic carbocycles. The lowest BCUT2D eigenvalue weighted by molar-refractivity contribution is -0.139. The number of methoxy groups -OCH3 is 1. The van der Waals surface area contributed by atoms with Crippen molar-refractivity contribution in [3.8, 4) is 0 Å². The summed E-state index contributed by atoms with van der Waals surface area (Å²) >= 11 is 0. The van der Waals surface area contributed by atoms with Gasteiger partial charge in [-0.15, -0.1) is 0 Å². The summed E-state index contributed by atoms with van der Waals surface area (Å²) in [5.41, 5.74) is 4.12. The highest BCUT2D eigenvalue weighted by Gasteiger charge is 2.63. The third-order valence-electron chi connectivity index (χ3n) is 11.7. The summed E-state index contributed by atoms with van der Waals surface area (Å²) in [6.45, 7) is 13.6. The van der Waals surface area contributed by atoms with E-state index in [0.717, 1.165) is 57.8 Å². The number of esters is 1. The molecule has 0 radical (unpaired) electrons. The number of hydrogen-bond acceptors (Lipinski definition) is 4. The van der Waals surface area contributed by atoms with Gasteiger partial charge in [0.15, 0.2) is 0 Å². The van der Waals surface area contributed by atoms with Gasteiger partial charge in [-0.25, -0.2) is 4.79 Å². The van der Waals surface area contributed by atoms with Gasteiger partial charge in [0.25, 0.3) is 0 Å². The van der Waals surface area contributed by atoms with E-state index < -0.39 is 0 Å². The van der Waals surface area contributed by atoms with E-state index in [0.29, 0.717) is 29.6 Å². The van der Waals surface area contributed by atoms with Crippen LogP contribution in [-0.4, -0.2) is 25.1 Å². The molecule has 0 N–H and O–H groups in total. The summed E-state index contributed by atoms with van der Waals surface area (Å²) in [6, 6.07) is 0. The summed E-state index contributed by atoms with van der Waals surface area (Å²) in [5.74, 6) is 0.982. The van der Waals surface area contributed by atoms with Crippen LogP contribution in [0.3, 0.4) is 0 Å². The van der Waals surface area contributed by atoms with E-state index in [1.165, 1.54) is 13.4 Å². The molecule has 2 fully saturated rings. The summed E-state index contributed by atoms with van der Waals surface area (Å²) in [5, 5.41) is 0. The molecule has 4 heteroatoms. The summed E-state index contributed by atoms with van der Waals surface area (Å²) in [6.07, 6.45) is 13.0. The Kier molecular flexibility index (Phi) is 6.77. The van der Waals surface area contributed by atoms with Crippen molar-refractivity contribution in [2.75, 3.05) is 7.11 Å². The molecule has 0 aliphatic heterocycles. The molecule has 4 nitrogen and oxygen atoms in total. The molecule has 4 aliphatic rings. The Labute approximate surface area is 212 Å². The molecule has 0 heterocycles. The van der Waals surface area contributed by atoms with E-state index in [2.05, 4.69) is 34.6 Å². The quantitative estimate of drug-likeness (QED) is 0.177. The predicted molar refractivity (Wildman–Crippen MR) is 139 cm³/mol. The lowest BCUT2D eigenvalue weighted by Gasteiger charge is -2.60. The Morgan fingerprint density at radius 1 is 1.03 bits per heavy atom. The van der Waals surface area contributed by atoms with Crippen molar-refractivity contribution in [3.05, 3.63) is 22.8 Å². The highest BCUT2D eigenvalue weighted by molar-refractivity contribution is 5.87. The first-order chi connectivity index (χ1) is 16.4. The van der Waals surface area contributed by atoms with Crippen LogP contribution >= 0.6 is 0 Å². The van der Waals surface area contributed by atoms with Crippen LogP contribution in [0.25, 0.3) is 0 Å². The molecule has 194 valence electrons. The van der Waals surface area contributed by atoms with Crippen molar-refractivity contribution in [3.63, 3.8) is 0 Å². The Balaban J connectivity index is 1.61. The molecule has 2 saturated carbocycles. The fourth-order valence-electron chi connectivity index (χ4n) is 9.32. The number of ether oxygens (including phenoxy) is 1. The molecular weight excluding hydrogens is 436 g/mol. The summed E-state index contributed by atoms with van der Waals surface area (Å²) in [7, 11) is 1.40. The maximum atomic E-state index is 12.8. The van der Waals surface area contributed by atoms with Crippen molar-refractivity contribution in [1.82, 2.24) is 0 Å². The normalized spacial score (nSPS) is 39.4. The SMILES string of the molecule is COC(=O)/C(C)=C/CC[C@H](C=O)[C@@H]1CC[C@]2(C)C3=C(CC[C@@]12C)[C@@]1(C)CCC(=O)C(C)(C)[C@@H]1CC3. The number of carbonyl (C=O) groups excluding carboxylic acids is 3. The largest absolute Gasteiger partial charge is 0.466 e. The van der Waals surface area contributed by atoms with E-state index in [-0.39, 0.29) is 33.5 Å². The van der Waals surface area contributed by atoms with Crippen LogP contribution in [0.1, 0.15) is 106 Å². The van der Waals surface area contributed by atoms with Gasteiger partial charge in [0, 0.05) is 23.3 Å². The maximum Gasteiger partial charge on any atom is 0.333 e. The molecule has 0 amide bonds. The molecule has 0 saturated heterocycles. The van der Waals surface area contributed by atoms with Gasteiger partial charge >= 0.3 is 5.97 Å². The molecule has 0 aromatic heterocycles. The number of Topliss-reactive ketones (excluding diaryl/α,β-unsaturated/α-hetero) is 1. The first kappa shape index (κ1) is 26.4. The molecule has 35 heavy (non-hydrogen) atoms. The molecule has 6 atom stereocenters. The van der Waals surface area contributed by atoms with Crippen LogP contribution in [0.4, 0.5) is 0 Å². The third-order valence-corrected chi connectivity index (χ3v) is 11.7. The molecule has 4 rings (SSSR count). The van der Waals surface area contributed by atoms with Crippen molar-refractivity contribution in [1.29, 1.82) is 0 Å². The van der Waals surface area contributed by atoms with Gasteiger partial charge in [0.05, 0.1) is 7.11 Å². The average molecular weight is 483 g/mol. The molecule has 0 unspecified atom stereocenters. The van der Waals surface area contributed by atoms with Crippen LogP contribution in [0.5, 0.6) is 0 Å². The van der Waals surface area contributed by atoms with E-state index in [9.17, 15) is 14.4 Å². The number of fused-ring (bicyclic) bond motifs is 4. The fourth-order valence-corrected chi connectivity index (χ4v) is 9.32. The van der Waals surface area contributed by atoms with Crippen LogP contribution in [0.2, 0.25) is 0 Å². The van der Waals surface area contributed by atoms with E-state index in [1.807, 2.05) is 6.08 Å². The monoisotopic (exact) mass is 482 g/mol. The molecule has 4 aliphatic carbocycles. The lowest BCUT2D eigenvalue weighted by Crippen LogP contribution is -2.54. The third kappa shape index (κ3) is 3.80. The van der Waals surface area contributed by atoms with Gasteiger partial charge in [-0.2, -0.15) is 0 Å². The second-order valence-electron chi connectivity index (χ2n) is 13.3. The van der Waals surface area contributed by atoms with Crippen LogP contribution in [0.15, 0.2) is 22.8 Å². The van der Waals surface area contributed by atoms with E-state index in [1.54, 1.807) is 18.1 Å². The number of aldehydes is 1. The number of allylic oxidation sites excluding steroid dienone is 3. The van der Waals surface area contributed by atoms with Gasteiger partial charge in [0.2, 0.25) is 0 Å². The second-order valence-corrected chi connectivity index (χ2v) is 13.3.